The minimum atomic E-state index is -3.65. The zero-order chi connectivity index (χ0) is 22.9. The molecule has 0 bridgehead atoms. The monoisotopic (exact) mass is 463 g/mol. The molecule has 2 aliphatic rings. The molecular weight excluding hydrogens is 436 g/mol. The summed E-state index contributed by atoms with van der Waals surface area (Å²) >= 11 is 0. The van der Waals surface area contributed by atoms with E-state index in [1.54, 1.807) is 23.1 Å². The van der Waals surface area contributed by atoms with Crippen LogP contribution < -0.4 is 10.5 Å². The number of nitrogens with two attached hydrogens (primary N) is 1. The summed E-state index contributed by atoms with van der Waals surface area (Å²) in [7, 11) is -3.65. The van der Waals surface area contributed by atoms with Crippen LogP contribution in [0.5, 0.6) is 0 Å². The minimum absolute atomic E-state index is 0.0744. The lowest BCUT2D eigenvalue weighted by molar-refractivity contribution is -0.132. The van der Waals surface area contributed by atoms with Gasteiger partial charge in [-0.1, -0.05) is 18.2 Å². The fraction of sp³-hybridized carbons (Fsp3) is 0.435. The number of likely N-dealkylation sites (tertiary alicyclic amines) is 1. The molecular formula is C23H27F2N3O3S. The van der Waals surface area contributed by atoms with Gasteiger partial charge in [0.25, 0.3) is 0 Å². The van der Waals surface area contributed by atoms with Gasteiger partial charge in [-0.3, -0.25) is 4.79 Å². The van der Waals surface area contributed by atoms with Gasteiger partial charge in [-0.2, -0.15) is 0 Å². The lowest BCUT2D eigenvalue weighted by Gasteiger charge is -2.28. The van der Waals surface area contributed by atoms with Gasteiger partial charge in [-0.25, -0.2) is 21.9 Å². The van der Waals surface area contributed by atoms with Gasteiger partial charge < -0.3 is 10.6 Å². The van der Waals surface area contributed by atoms with Gasteiger partial charge in [-0.05, 0) is 61.1 Å². The van der Waals surface area contributed by atoms with Crippen LogP contribution in [-0.4, -0.2) is 44.4 Å². The third-order valence-electron chi connectivity index (χ3n) is 6.49. The van der Waals surface area contributed by atoms with Crippen molar-refractivity contribution in [2.24, 2.45) is 5.73 Å². The second kappa shape index (κ2) is 9.25. The number of hydrogen-bond acceptors (Lipinski definition) is 4. The lowest BCUT2D eigenvalue weighted by atomic mass is 9.91. The van der Waals surface area contributed by atoms with Crippen LogP contribution in [0.4, 0.5) is 8.78 Å². The van der Waals surface area contributed by atoms with Crippen molar-refractivity contribution in [3.05, 3.63) is 65.2 Å². The summed E-state index contributed by atoms with van der Waals surface area (Å²) in [4.78, 5) is 14.9. The molecule has 172 valence electrons. The molecule has 4 rings (SSSR count). The molecule has 32 heavy (non-hydrogen) atoms. The van der Waals surface area contributed by atoms with Crippen molar-refractivity contribution in [2.45, 2.75) is 55.0 Å². The molecule has 3 unspecified atom stereocenters. The van der Waals surface area contributed by atoms with Crippen LogP contribution in [0.1, 0.15) is 42.7 Å². The smallest absolute Gasteiger partial charge is 0.240 e. The number of aryl methyl sites for hydroxylation is 1. The first kappa shape index (κ1) is 22.8. The zero-order valence-corrected chi connectivity index (χ0v) is 18.5. The number of amides is 1. The normalized spacial score (nSPS) is 21.5. The van der Waals surface area contributed by atoms with E-state index in [9.17, 15) is 22.0 Å². The van der Waals surface area contributed by atoms with E-state index in [1.807, 2.05) is 0 Å². The first-order valence-electron chi connectivity index (χ1n) is 10.8. The van der Waals surface area contributed by atoms with Crippen LogP contribution in [0, 0.1) is 11.6 Å². The zero-order valence-electron chi connectivity index (χ0n) is 17.6. The number of halogens is 2. The van der Waals surface area contributed by atoms with E-state index >= 15 is 0 Å². The highest BCUT2D eigenvalue weighted by Gasteiger charge is 2.34. The number of nitrogens with zero attached hydrogens (tertiary/aromatic N) is 1. The Hall–Kier alpha value is -2.36. The summed E-state index contributed by atoms with van der Waals surface area (Å²) in [5.74, 6) is -2.12. The van der Waals surface area contributed by atoms with Gasteiger partial charge in [0.1, 0.15) is 0 Å². The Morgan fingerprint density at radius 3 is 2.62 bits per heavy atom. The molecule has 1 heterocycles. The van der Waals surface area contributed by atoms with Crippen molar-refractivity contribution in [3.63, 3.8) is 0 Å². The highest BCUT2D eigenvalue weighted by molar-refractivity contribution is 7.89. The molecule has 1 fully saturated rings. The maximum Gasteiger partial charge on any atom is 0.240 e. The number of rotatable bonds is 7. The van der Waals surface area contributed by atoms with Crippen LogP contribution in [0.2, 0.25) is 0 Å². The first-order valence-corrected chi connectivity index (χ1v) is 12.3. The van der Waals surface area contributed by atoms with Crippen molar-refractivity contribution < 1.29 is 22.0 Å². The van der Waals surface area contributed by atoms with E-state index in [2.05, 4.69) is 4.72 Å². The summed E-state index contributed by atoms with van der Waals surface area (Å²) in [6.07, 6.45) is 2.81. The molecule has 3 N–H and O–H groups in total. The number of fused-ring (bicyclic) bond motifs is 1. The molecule has 9 heteroatoms. The Balaban J connectivity index is 1.38. The average Bonchev–Trinajstić information content (AvgIpc) is 3.40. The predicted molar refractivity (Wildman–Crippen MR) is 116 cm³/mol. The van der Waals surface area contributed by atoms with E-state index in [1.165, 1.54) is 24.3 Å². The highest BCUT2D eigenvalue weighted by atomic mass is 32.2. The second-order valence-corrected chi connectivity index (χ2v) is 10.3. The number of nitrogens with one attached hydrogen (secondary N) is 1. The molecule has 0 aromatic heterocycles. The second-order valence-electron chi connectivity index (χ2n) is 8.53. The number of carbonyl (C=O) groups is 1. The van der Waals surface area contributed by atoms with E-state index in [0.29, 0.717) is 31.4 Å². The predicted octanol–water partition coefficient (Wildman–Crippen LogP) is 2.68. The number of hydrogen-bond donors (Lipinski definition) is 2. The van der Waals surface area contributed by atoms with Crippen molar-refractivity contribution >= 4 is 15.9 Å². The number of sulfonamides is 1. The first-order chi connectivity index (χ1) is 15.3. The van der Waals surface area contributed by atoms with Crippen LogP contribution >= 0.6 is 0 Å². The van der Waals surface area contributed by atoms with Gasteiger partial charge in [0.15, 0.2) is 11.6 Å². The van der Waals surface area contributed by atoms with Crippen LogP contribution in [0.25, 0.3) is 0 Å². The Kier molecular flexibility index (Phi) is 6.60. The molecule has 3 atom stereocenters. The van der Waals surface area contributed by atoms with Crippen molar-refractivity contribution in [1.82, 2.24) is 9.62 Å². The molecule has 1 saturated heterocycles. The standard InChI is InChI=1S/C23H27F2N3O3S/c24-20-11-15-8-9-18(19(15)12-21(20)25)22(26)13-23(29)28-10-4-5-16(28)14-27-32(30,31)17-6-2-1-3-7-17/h1-3,6-7,11-12,16,18,22,27H,4-5,8-10,13-14,26H2. The van der Waals surface area contributed by atoms with Gasteiger partial charge in [0, 0.05) is 37.5 Å². The number of carbonyl (C=O) groups excluding carboxylic acids is 1. The van der Waals surface area contributed by atoms with Gasteiger partial charge >= 0.3 is 0 Å². The summed E-state index contributed by atoms with van der Waals surface area (Å²) < 4.78 is 54.8. The van der Waals surface area contributed by atoms with Crippen molar-refractivity contribution in [2.75, 3.05) is 13.1 Å². The third kappa shape index (κ3) is 4.69. The van der Waals surface area contributed by atoms with Crippen molar-refractivity contribution in [3.8, 4) is 0 Å². The summed E-state index contributed by atoms with van der Waals surface area (Å²) in [5.41, 5.74) is 7.76. The van der Waals surface area contributed by atoms with Crippen LogP contribution in [0.15, 0.2) is 47.4 Å². The Morgan fingerprint density at radius 1 is 1.16 bits per heavy atom. The Bertz CT molecular complexity index is 1100. The van der Waals surface area contributed by atoms with Gasteiger partial charge in [0.2, 0.25) is 15.9 Å². The maximum absolute atomic E-state index is 13.7. The topological polar surface area (TPSA) is 92.5 Å². The molecule has 0 spiro atoms. The molecule has 1 amide bonds. The van der Waals surface area contributed by atoms with Gasteiger partial charge in [0.05, 0.1) is 4.90 Å². The quantitative estimate of drug-likeness (QED) is 0.660. The van der Waals surface area contributed by atoms with E-state index in [4.69, 9.17) is 5.73 Å². The van der Waals surface area contributed by atoms with Gasteiger partial charge in [-0.15, -0.1) is 0 Å². The summed E-state index contributed by atoms with van der Waals surface area (Å²) in [5, 5.41) is 0. The molecule has 2 aromatic carbocycles. The fourth-order valence-electron chi connectivity index (χ4n) is 4.80. The Morgan fingerprint density at radius 2 is 1.88 bits per heavy atom. The maximum atomic E-state index is 13.7. The highest BCUT2D eigenvalue weighted by Crippen LogP contribution is 2.37. The van der Waals surface area contributed by atoms with Crippen LogP contribution in [-0.2, 0) is 21.2 Å². The molecule has 1 aliphatic carbocycles. The van der Waals surface area contributed by atoms with Crippen LogP contribution in [0.3, 0.4) is 0 Å². The molecule has 0 radical (unpaired) electrons. The lowest BCUT2D eigenvalue weighted by Crippen LogP contribution is -2.45. The molecule has 1 aliphatic heterocycles. The van der Waals surface area contributed by atoms with E-state index < -0.39 is 27.7 Å². The third-order valence-corrected chi connectivity index (χ3v) is 7.93. The SMILES string of the molecule is NC(CC(=O)N1CCCC1CNS(=O)(=O)c1ccccc1)C1CCc2cc(F)c(F)cc21. The van der Waals surface area contributed by atoms with E-state index in [-0.39, 0.29) is 35.7 Å². The van der Waals surface area contributed by atoms with Crippen molar-refractivity contribution in [1.29, 1.82) is 0 Å². The average molecular weight is 464 g/mol. The number of benzene rings is 2. The Labute approximate surface area is 186 Å². The largest absolute Gasteiger partial charge is 0.338 e. The molecule has 0 saturated carbocycles. The summed E-state index contributed by atoms with van der Waals surface area (Å²) in [6, 6.07) is 9.75. The molecule has 6 nitrogen and oxygen atoms in total. The molecule has 2 aromatic rings. The summed E-state index contributed by atoms with van der Waals surface area (Å²) in [6.45, 7) is 0.680. The fourth-order valence-corrected chi connectivity index (χ4v) is 5.90. The minimum Gasteiger partial charge on any atom is -0.338 e. The van der Waals surface area contributed by atoms with E-state index in [0.717, 1.165) is 12.0 Å².